The fourth-order valence-electron chi connectivity index (χ4n) is 2.68. The zero-order valence-corrected chi connectivity index (χ0v) is 14.2. The summed E-state index contributed by atoms with van der Waals surface area (Å²) in [6.45, 7) is 5.33. The first-order chi connectivity index (χ1) is 11.0. The molecule has 4 nitrogen and oxygen atoms in total. The smallest absolute Gasteiger partial charge is 0.128 e. The van der Waals surface area contributed by atoms with E-state index in [0.29, 0.717) is 0 Å². The molecule has 0 bridgehead atoms. The zero-order chi connectivity index (χ0) is 16.4. The van der Waals surface area contributed by atoms with Crippen LogP contribution in [0, 0.1) is 5.41 Å². The van der Waals surface area contributed by atoms with E-state index in [4.69, 9.17) is 4.99 Å². The Kier molecular flexibility index (Phi) is 3.99. The van der Waals surface area contributed by atoms with Crippen molar-refractivity contribution in [2.24, 2.45) is 10.4 Å². The molecule has 2 aromatic carbocycles. The Labute approximate surface area is 138 Å². The highest BCUT2D eigenvalue weighted by Gasteiger charge is 2.36. The van der Waals surface area contributed by atoms with E-state index in [1.54, 1.807) is 0 Å². The minimum Gasteiger partial charge on any atom is -0.378 e. The summed E-state index contributed by atoms with van der Waals surface area (Å²) in [4.78, 5) is 6.92. The summed E-state index contributed by atoms with van der Waals surface area (Å²) in [7, 11) is 4.08. The van der Waals surface area contributed by atoms with E-state index in [1.807, 2.05) is 20.2 Å². The van der Waals surface area contributed by atoms with Crippen LogP contribution in [0.4, 0.5) is 17.1 Å². The molecule has 0 amide bonds. The van der Waals surface area contributed by atoms with Gasteiger partial charge in [-0.15, -0.1) is 0 Å². The van der Waals surface area contributed by atoms with E-state index >= 15 is 0 Å². The van der Waals surface area contributed by atoms with E-state index in [1.165, 1.54) is 5.69 Å². The Balaban J connectivity index is 1.84. The lowest BCUT2D eigenvalue weighted by Crippen LogP contribution is -2.33. The molecule has 0 radical (unpaired) electrons. The molecule has 120 valence electrons. The van der Waals surface area contributed by atoms with Gasteiger partial charge in [-0.1, -0.05) is 32.0 Å². The second kappa shape index (κ2) is 5.95. The van der Waals surface area contributed by atoms with Gasteiger partial charge in [0, 0.05) is 25.2 Å². The number of rotatable bonds is 3. The third-order valence-electron chi connectivity index (χ3n) is 4.11. The van der Waals surface area contributed by atoms with Crippen LogP contribution >= 0.6 is 0 Å². The fourth-order valence-corrected chi connectivity index (χ4v) is 2.68. The van der Waals surface area contributed by atoms with Crippen LogP contribution in [0.15, 0.2) is 59.6 Å². The van der Waals surface area contributed by atoms with Crippen LogP contribution in [0.1, 0.15) is 13.8 Å². The molecule has 1 aliphatic heterocycles. The highest BCUT2D eigenvalue weighted by atomic mass is 15.6. The van der Waals surface area contributed by atoms with Gasteiger partial charge in [0.25, 0.3) is 0 Å². The quantitative estimate of drug-likeness (QED) is 0.935. The third kappa shape index (κ3) is 3.31. The minimum atomic E-state index is -0.0178. The van der Waals surface area contributed by atoms with Crippen molar-refractivity contribution >= 4 is 22.9 Å². The molecule has 0 unspecified atom stereocenters. The van der Waals surface area contributed by atoms with E-state index in [0.717, 1.165) is 23.8 Å². The van der Waals surface area contributed by atoms with Crippen molar-refractivity contribution in [2.75, 3.05) is 30.5 Å². The van der Waals surface area contributed by atoms with Crippen LogP contribution in [0.3, 0.4) is 0 Å². The number of hydrogen-bond donors (Lipinski definition) is 1. The maximum atomic E-state index is 4.83. The fraction of sp³-hybridized carbons (Fsp3) is 0.316. The highest BCUT2D eigenvalue weighted by molar-refractivity contribution is 5.94. The number of nitrogens with one attached hydrogen (secondary N) is 1. The molecule has 0 aromatic heterocycles. The maximum Gasteiger partial charge on any atom is 0.128 e. The first-order valence-corrected chi connectivity index (χ1v) is 7.91. The van der Waals surface area contributed by atoms with Gasteiger partial charge in [-0.05, 0) is 36.4 Å². The van der Waals surface area contributed by atoms with Crippen molar-refractivity contribution in [1.82, 2.24) is 5.43 Å². The largest absolute Gasteiger partial charge is 0.378 e. The molecule has 0 aliphatic carbocycles. The van der Waals surface area contributed by atoms with Crippen LogP contribution in [-0.4, -0.2) is 26.5 Å². The first-order valence-electron chi connectivity index (χ1n) is 7.91. The number of hydrazine groups is 1. The van der Waals surface area contributed by atoms with Crippen LogP contribution in [0.5, 0.6) is 0 Å². The molecule has 1 fully saturated rings. The molecule has 3 rings (SSSR count). The second-order valence-corrected chi connectivity index (χ2v) is 6.79. The average Bonchev–Trinajstić information content (AvgIpc) is 2.84. The molecule has 4 heteroatoms. The van der Waals surface area contributed by atoms with Crippen molar-refractivity contribution in [3.63, 3.8) is 0 Å². The van der Waals surface area contributed by atoms with Gasteiger partial charge in [0.15, 0.2) is 0 Å². The Morgan fingerprint density at radius 1 is 1.00 bits per heavy atom. The van der Waals surface area contributed by atoms with Crippen molar-refractivity contribution < 1.29 is 0 Å². The van der Waals surface area contributed by atoms with Crippen molar-refractivity contribution in [3.05, 3.63) is 54.6 Å². The zero-order valence-electron chi connectivity index (χ0n) is 14.2. The SMILES string of the molecule is CN(C)c1ccc(N=C2NN(c3ccccc3)CC2(C)C)cc1. The molecule has 1 N–H and O–H groups in total. The molecule has 2 aromatic rings. The summed E-state index contributed by atoms with van der Waals surface area (Å²) >= 11 is 0. The monoisotopic (exact) mass is 308 g/mol. The van der Waals surface area contributed by atoms with Gasteiger partial charge in [-0.3, -0.25) is 10.4 Å². The molecular formula is C19H24N4. The number of aliphatic imine (C=N–C) groups is 1. The number of hydrogen-bond acceptors (Lipinski definition) is 3. The Bertz CT molecular complexity index is 687. The normalized spacial score (nSPS) is 18.1. The van der Waals surface area contributed by atoms with E-state index < -0.39 is 0 Å². The number of benzene rings is 2. The molecule has 1 saturated heterocycles. The Morgan fingerprint density at radius 2 is 1.65 bits per heavy atom. The third-order valence-corrected chi connectivity index (χ3v) is 4.11. The van der Waals surface area contributed by atoms with Crippen LogP contribution < -0.4 is 15.3 Å². The number of anilines is 2. The standard InChI is InChI=1S/C19H24N4/c1-19(2)14-23(17-8-6-5-7-9-17)21-18(19)20-15-10-12-16(13-11-15)22(3)4/h5-13H,14H2,1-4H3,(H,20,21). The summed E-state index contributed by atoms with van der Waals surface area (Å²) in [5, 5.41) is 2.16. The van der Waals surface area contributed by atoms with Gasteiger partial charge >= 0.3 is 0 Å². The number of para-hydroxylation sites is 1. The Hall–Kier alpha value is -2.49. The topological polar surface area (TPSA) is 30.9 Å². The van der Waals surface area contributed by atoms with Gasteiger partial charge in [-0.2, -0.15) is 0 Å². The van der Waals surface area contributed by atoms with Gasteiger partial charge in [0.05, 0.1) is 17.9 Å². The molecular weight excluding hydrogens is 284 g/mol. The summed E-state index contributed by atoms with van der Waals surface area (Å²) in [6, 6.07) is 18.7. The van der Waals surface area contributed by atoms with Gasteiger partial charge < -0.3 is 4.90 Å². The number of nitrogens with zero attached hydrogens (tertiary/aromatic N) is 3. The molecule has 1 aliphatic rings. The molecule has 0 saturated carbocycles. The Morgan fingerprint density at radius 3 is 2.26 bits per heavy atom. The van der Waals surface area contributed by atoms with Crippen molar-refractivity contribution in [3.8, 4) is 0 Å². The van der Waals surface area contributed by atoms with Crippen LogP contribution in [0.25, 0.3) is 0 Å². The molecule has 23 heavy (non-hydrogen) atoms. The van der Waals surface area contributed by atoms with Crippen molar-refractivity contribution in [2.45, 2.75) is 13.8 Å². The lowest BCUT2D eigenvalue weighted by atomic mass is 9.93. The van der Waals surface area contributed by atoms with Gasteiger partial charge in [0.1, 0.15) is 5.84 Å². The lowest BCUT2D eigenvalue weighted by molar-refractivity contribution is 0.560. The second-order valence-electron chi connectivity index (χ2n) is 6.79. The minimum absolute atomic E-state index is 0.0178. The maximum absolute atomic E-state index is 4.83. The summed E-state index contributed by atoms with van der Waals surface area (Å²) in [5.74, 6) is 0.999. The molecule has 0 spiro atoms. The van der Waals surface area contributed by atoms with Crippen LogP contribution in [-0.2, 0) is 0 Å². The number of amidine groups is 1. The van der Waals surface area contributed by atoms with Gasteiger partial charge in [0.2, 0.25) is 0 Å². The molecule has 0 atom stereocenters. The van der Waals surface area contributed by atoms with Crippen LogP contribution in [0.2, 0.25) is 0 Å². The average molecular weight is 308 g/mol. The first kappa shape index (κ1) is 15.4. The highest BCUT2D eigenvalue weighted by Crippen LogP contribution is 2.30. The summed E-state index contributed by atoms with van der Waals surface area (Å²) in [5.41, 5.74) is 6.75. The van der Waals surface area contributed by atoms with Crippen molar-refractivity contribution in [1.29, 1.82) is 0 Å². The summed E-state index contributed by atoms with van der Waals surface area (Å²) < 4.78 is 0. The summed E-state index contributed by atoms with van der Waals surface area (Å²) in [6.07, 6.45) is 0. The lowest BCUT2D eigenvalue weighted by Gasteiger charge is -2.18. The predicted molar refractivity (Wildman–Crippen MR) is 98.6 cm³/mol. The van der Waals surface area contributed by atoms with Gasteiger partial charge in [-0.25, -0.2) is 4.99 Å². The van der Waals surface area contributed by atoms with E-state index in [9.17, 15) is 0 Å². The predicted octanol–water partition coefficient (Wildman–Crippen LogP) is 3.83. The molecule has 1 heterocycles. The van der Waals surface area contributed by atoms with E-state index in [2.05, 4.69) is 77.7 Å². The van der Waals surface area contributed by atoms with E-state index in [-0.39, 0.29) is 5.41 Å².